The first-order valence-electron chi connectivity index (χ1n) is 5.35. The fourth-order valence-corrected chi connectivity index (χ4v) is 1.36. The Kier molecular flexibility index (Phi) is 3.13. The maximum Gasteiger partial charge on any atom is 0.263 e. The minimum atomic E-state index is 0.167. The minimum absolute atomic E-state index is 0.167. The fourth-order valence-electron chi connectivity index (χ4n) is 1.36. The van der Waals surface area contributed by atoms with E-state index < -0.39 is 0 Å². The topological polar surface area (TPSA) is 82.0 Å². The molecule has 0 amide bonds. The third-order valence-corrected chi connectivity index (χ3v) is 2.40. The maximum atomic E-state index is 5.48. The molecule has 0 aliphatic carbocycles. The van der Waals surface area contributed by atoms with E-state index in [1.54, 1.807) is 6.21 Å². The molecule has 1 aromatic carbocycles. The average Bonchev–Trinajstić information content (AvgIpc) is 2.73. The number of nitrogen functional groups attached to an aromatic ring is 1. The van der Waals surface area contributed by atoms with Gasteiger partial charge >= 0.3 is 0 Å². The van der Waals surface area contributed by atoms with Crippen molar-refractivity contribution in [2.24, 2.45) is 5.10 Å². The average molecular weight is 230 g/mol. The summed E-state index contributed by atoms with van der Waals surface area (Å²) in [4.78, 5) is 1.18. The first kappa shape index (κ1) is 11.3. The first-order valence-corrected chi connectivity index (χ1v) is 5.35. The van der Waals surface area contributed by atoms with Gasteiger partial charge in [-0.2, -0.15) is 5.10 Å². The molecule has 6 nitrogen and oxygen atoms in total. The van der Waals surface area contributed by atoms with E-state index in [1.807, 2.05) is 12.1 Å². The summed E-state index contributed by atoms with van der Waals surface area (Å²) in [5, 5.41) is 14.6. The molecule has 0 fully saturated rings. The molecular formula is C11H14N6. The van der Waals surface area contributed by atoms with Crippen LogP contribution in [-0.2, 0) is 0 Å². The van der Waals surface area contributed by atoms with Crippen molar-refractivity contribution >= 4 is 12.2 Å². The van der Waals surface area contributed by atoms with E-state index in [4.69, 9.17) is 5.73 Å². The van der Waals surface area contributed by atoms with Gasteiger partial charge in [0.25, 0.3) is 5.95 Å². The second-order valence-corrected chi connectivity index (χ2v) is 3.99. The normalized spacial score (nSPS) is 11.5. The number of rotatable bonds is 3. The largest absolute Gasteiger partial charge is 0.365 e. The van der Waals surface area contributed by atoms with Gasteiger partial charge in [0.2, 0.25) is 0 Å². The standard InChI is InChI=1S/C11H14N6/c1-8(2)10-5-3-9(4-6-10)7-13-17-11(12)14-15-16-17/h3-8H,1-2H3,(H2,12,14,16)/b13-7+. The van der Waals surface area contributed by atoms with E-state index in [9.17, 15) is 0 Å². The molecule has 0 unspecified atom stereocenters. The Hall–Kier alpha value is -2.24. The number of tetrazole rings is 1. The molecule has 1 heterocycles. The third kappa shape index (κ3) is 2.66. The van der Waals surface area contributed by atoms with Gasteiger partial charge in [0.1, 0.15) is 0 Å². The molecule has 0 atom stereocenters. The second-order valence-electron chi connectivity index (χ2n) is 3.99. The highest BCUT2D eigenvalue weighted by Crippen LogP contribution is 2.13. The molecule has 1 aromatic heterocycles. The zero-order chi connectivity index (χ0) is 12.3. The minimum Gasteiger partial charge on any atom is -0.365 e. The first-order chi connectivity index (χ1) is 8.16. The van der Waals surface area contributed by atoms with E-state index >= 15 is 0 Å². The predicted molar refractivity (Wildman–Crippen MR) is 65.8 cm³/mol. The van der Waals surface area contributed by atoms with Crippen LogP contribution in [0, 0.1) is 0 Å². The van der Waals surface area contributed by atoms with Crippen LogP contribution in [0.25, 0.3) is 0 Å². The predicted octanol–water partition coefficient (Wildman–Crippen LogP) is 1.26. The van der Waals surface area contributed by atoms with Gasteiger partial charge in [-0.25, -0.2) is 0 Å². The maximum absolute atomic E-state index is 5.48. The summed E-state index contributed by atoms with van der Waals surface area (Å²) in [5.74, 6) is 0.691. The second kappa shape index (κ2) is 4.73. The smallest absolute Gasteiger partial charge is 0.263 e. The lowest BCUT2D eigenvalue weighted by atomic mass is 10.0. The number of benzene rings is 1. The van der Waals surface area contributed by atoms with Crippen LogP contribution in [0.1, 0.15) is 30.9 Å². The summed E-state index contributed by atoms with van der Waals surface area (Å²) in [6.45, 7) is 4.32. The number of hydrogen-bond donors (Lipinski definition) is 1. The van der Waals surface area contributed by atoms with Crippen LogP contribution in [0.2, 0.25) is 0 Å². The molecule has 0 radical (unpaired) electrons. The Balaban J connectivity index is 2.14. The van der Waals surface area contributed by atoms with Crippen molar-refractivity contribution in [1.82, 2.24) is 20.3 Å². The Morgan fingerprint density at radius 1 is 1.29 bits per heavy atom. The van der Waals surface area contributed by atoms with Crippen molar-refractivity contribution in [3.05, 3.63) is 35.4 Å². The number of nitrogens with two attached hydrogens (primary N) is 1. The van der Waals surface area contributed by atoms with Gasteiger partial charge in [-0.15, -0.1) is 0 Å². The van der Waals surface area contributed by atoms with Gasteiger partial charge in [-0.05, 0) is 27.5 Å². The highest BCUT2D eigenvalue weighted by atomic mass is 15.7. The number of aromatic nitrogens is 4. The highest BCUT2D eigenvalue weighted by Gasteiger charge is 1.99. The summed E-state index contributed by atoms with van der Waals surface area (Å²) in [6, 6.07) is 8.16. The number of anilines is 1. The van der Waals surface area contributed by atoms with Gasteiger partial charge in [0, 0.05) is 0 Å². The van der Waals surface area contributed by atoms with Crippen LogP contribution < -0.4 is 5.73 Å². The molecule has 0 saturated heterocycles. The summed E-state index contributed by atoms with van der Waals surface area (Å²) >= 11 is 0. The Morgan fingerprint density at radius 2 is 2.00 bits per heavy atom. The summed E-state index contributed by atoms with van der Waals surface area (Å²) in [5.41, 5.74) is 7.75. The molecule has 2 N–H and O–H groups in total. The molecule has 2 rings (SSSR count). The fraction of sp³-hybridized carbons (Fsp3) is 0.273. The van der Waals surface area contributed by atoms with Crippen molar-refractivity contribution < 1.29 is 0 Å². The van der Waals surface area contributed by atoms with E-state index in [0.29, 0.717) is 5.92 Å². The molecule has 0 aliphatic rings. The zero-order valence-electron chi connectivity index (χ0n) is 9.78. The molecule has 6 heteroatoms. The van der Waals surface area contributed by atoms with E-state index in [1.165, 1.54) is 10.4 Å². The highest BCUT2D eigenvalue weighted by molar-refractivity contribution is 5.79. The van der Waals surface area contributed by atoms with Gasteiger partial charge in [0.15, 0.2) is 0 Å². The number of hydrogen-bond acceptors (Lipinski definition) is 5. The molecular weight excluding hydrogens is 216 g/mol. The summed E-state index contributed by atoms with van der Waals surface area (Å²) in [6.07, 6.45) is 1.66. The quantitative estimate of drug-likeness (QED) is 0.805. The molecule has 88 valence electrons. The Morgan fingerprint density at radius 3 is 2.53 bits per heavy atom. The lowest BCUT2D eigenvalue weighted by Crippen LogP contribution is -1.99. The van der Waals surface area contributed by atoms with Crippen LogP contribution >= 0.6 is 0 Å². The molecule has 2 aromatic rings. The van der Waals surface area contributed by atoms with Gasteiger partial charge in [-0.1, -0.05) is 48.0 Å². The molecule has 0 spiro atoms. The van der Waals surface area contributed by atoms with E-state index in [-0.39, 0.29) is 5.95 Å². The van der Waals surface area contributed by atoms with Crippen molar-refractivity contribution in [1.29, 1.82) is 0 Å². The van der Waals surface area contributed by atoms with Crippen molar-refractivity contribution in [3.63, 3.8) is 0 Å². The zero-order valence-corrected chi connectivity index (χ0v) is 9.78. The van der Waals surface area contributed by atoms with Gasteiger partial charge in [-0.3, -0.25) is 0 Å². The Labute approximate surface area is 99.1 Å². The lowest BCUT2D eigenvalue weighted by molar-refractivity contribution is 0.699. The van der Waals surface area contributed by atoms with Crippen LogP contribution in [0.15, 0.2) is 29.4 Å². The lowest BCUT2D eigenvalue weighted by Gasteiger charge is -2.04. The molecule has 0 bridgehead atoms. The Bertz CT molecular complexity index is 511. The van der Waals surface area contributed by atoms with E-state index in [0.717, 1.165) is 5.56 Å². The van der Waals surface area contributed by atoms with Crippen molar-refractivity contribution in [3.8, 4) is 0 Å². The molecule has 0 saturated carbocycles. The molecule has 0 aliphatic heterocycles. The van der Waals surface area contributed by atoms with Crippen LogP contribution in [0.5, 0.6) is 0 Å². The monoisotopic (exact) mass is 230 g/mol. The van der Waals surface area contributed by atoms with E-state index in [2.05, 4.69) is 46.6 Å². The van der Waals surface area contributed by atoms with Gasteiger partial charge in [0.05, 0.1) is 6.21 Å². The van der Waals surface area contributed by atoms with Crippen LogP contribution in [-0.4, -0.2) is 26.5 Å². The van der Waals surface area contributed by atoms with Gasteiger partial charge < -0.3 is 5.73 Å². The van der Waals surface area contributed by atoms with Crippen LogP contribution in [0.3, 0.4) is 0 Å². The van der Waals surface area contributed by atoms with Crippen molar-refractivity contribution in [2.75, 3.05) is 5.73 Å². The number of nitrogens with zero attached hydrogens (tertiary/aromatic N) is 5. The summed E-state index contributed by atoms with van der Waals surface area (Å²) < 4.78 is 0. The third-order valence-electron chi connectivity index (χ3n) is 2.40. The molecule has 17 heavy (non-hydrogen) atoms. The summed E-state index contributed by atoms with van der Waals surface area (Å²) in [7, 11) is 0. The van der Waals surface area contributed by atoms with Crippen molar-refractivity contribution in [2.45, 2.75) is 19.8 Å². The SMILES string of the molecule is CC(C)c1ccc(/C=N/n2nnnc2N)cc1. The van der Waals surface area contributed by atoms with Crippen LogP contribution in [0.4, 0.5) is 5.95 Å².